The van der Waals surface area contributed by atoms with Gasteiger partial charge in [0, 0.05) is 50.7 Å². The molecule has 1 aliphatic carbocycles. The highest BCUT2D eigenvalue weighted by atomic mass is 16.5. The fourth-order valence-electron chi connectivity index (χ4n) is 8.04. The van der Waals surface area contributed by atoms with Gasteiger partial charge in [-0.05, 0) is 97.9 Å². The third-order valence-electron chi connectivity index (χ3n) is 10.5. The number of hydrogen-bond donors (Lipinski definition) is 1. The van der Waals surface area contributed by atoms with E-state index in [9.17, 15) is 19.5 Å². The van der Waals surface area contributed by atoms with Gasteiger partial charge in [0.1, 0.15) is 11.5 Å². The zero-order valence-electron chi connectivity index (χ0n) is 26.4. The normalized spacial score (nSPS) is 24.0. The fourth-order valence-corrected chi connectivity index (χ4v) is 8.04. The molecule has 3 aliphatic rings. The van der Waals surface area contributed by atoms with Crippen molar-refractivity contribution in [3.05, 3.63) is 59.4 Å². The molecule has 44 heavy (non-hydrogen) atoms. The van der Waals surface area contributed by atoms with E-state index >= 15 is 0 Å². The summed E-state index contributed by atoms with van der Waals surface area (Å²) < 4.78 is 5.72. The van der Waals surface area contributed by atoms with Crippen molar-refractivity contribution in [1.82, 2.24) is 9.88 Å². The van der Waals surface area contributed by atoms with Gasteiger partial charge in [0.15, 0.2) is 0 Å². The SMILES string of the molecule is CCCCC[C@H](CCc1cccnc1)C(=O)CC1CC[C@H](c2ccc3c(c2)CCO3)[C@@H](C(=O)O)[C@@H]1CCN1CCCCC1=O. The lowest BCUT2D eigenvalue weighted by molar-refractivity contribution is -0.148. The van der Waals surface area contributed by atoms with E-state index in [1.165, 1.54) is 0 Å². The number of carboxylic acid groups (broad SMARTS) is 1. The minimum absolute atomic E-state index is 0.00423. The molecule has 5 rings (SSSR count). The van der Waals surface area contributed by atoms with Crippen molar-refractivity contribution in [2.75, 3.05) is 19.7 Å². The molecule has 1 saturated carbocycles. The Bertz CT molecular complexity index is 1260. The number of fused-ring (bicyclic) bond motifs is 1. The van der Waals surface area contributed by atoms with Gasteiger partial charge in [-0.3, -0.25) is 19.4 Å². The topological polar surface area (TPSA) is 96.8 Å². The van der Waals surface area contributed by atoms with Gasteiger partial charge in [0.25, 0.3) is 0 Å². The number of benzene rings is 1. The Hall–Kier alpha value is -3.22. The maximum Gasteiger partial charge on any atom is 0.307 e. The monoisotopic (exact) mass is 602 g/mol. The van der Waals surface area contributed by atoms with Crippen molar-refractivity contribution >= 4 is 17.7 Å². The number of pyridine rings is 1. The highest BCUT2D eigenvalue weighted by molar-refractivity contribution is 5.81. The number of ether oxygens (including phenoxy) is 1. The average Bonchev–Trinajstić information content (AvgIpc) is 3.51. The van der Waals surface area contributed by atoms with Gasteiger partial charge in [0.05, 0.1) is 12.5 Å². The number of aryl methyl sites for hydroxylation is 1. The molecule has 0 radical (unpaired) electrons. The molecule has 5 atom stereocenters. The molecule has 0 bridgehead atoms. The van der Waals surface area contributed by atoms with Crippen molar-refractivity contribution in [2.45, 2.75) is 103 Å². The van der Waals surface area contributed by atoms with E-state index in [2.05, 4.69) is 24.0 Å². The van der Waals surface area contributed by atoms with Crippen LogP contribution in [0.5, 0.6) is 5.75 Å². The summed E-state index contributed by atoms with van der Waals surface area (Å²) in [7, 11) is 0. The highest BCUT2D eigenvalue weighted by Gasteiger charge is 2.45. The zero-order chi connectivity index (χ0) is 30.9. The van der Waals surface area contributed by atoms with Gasteiger partial charge in [-0.25, -0.2) is 0 Å². The number of ketones is 1. The van der Waals surface area contributed by atoms with E-state index in [0.717, 1.165) is 99.6 Å². The molecule has 1 saturated heterocycles. The number of unbranched alkanes of at least 4 members (excludes halogenated alkanes) is 2. The predicted molar refractivity (Wildman–Crippen MR) is 171 cm³/mol. The smallest absolute Gasteiger partial charge is 0.307 e. The number of carboxylic acids is 1. The van der Waals surface area contributed by atoms with Gasteiger partial charge in [-0.1, -0.05) is 44.4 Å². The largest absolute Gasteiger partial charge is 0.493 e. The maximum atomic E-state index is 14.0. The molecule has 7 nitrogen and oxygen atoms in total. The van der Waals surface area contributed by atoms with Gasteiger partial charge >= 0.3 is 5.97 Å². The molecule has 2 fully saturated rings. The molecule has 1 aromatic heterocycles. The molecular weight excluding hydrogens is 552 g/mol. The second kappa shape index (κ2) is 15.7. The van der Waals surface area contributed by atoms with Crippen LogP contribution in [0.25, 0.3) is 0 Å². The van der Waals surface area contributed by atoms with Crippen molar-refractivity contribution in [3.63, 3.8) is 0 Å². The minimum atomic E-state index is -0.782. The molecule has 3 heterocycles. The van der Waals surface area contributed by atoms with Crippen LogP contribution in [0, 0.1) is 23.7 Å². The second-order valence-electron chi connectivity index (χ2n) is 13.3. The summed E-state index contributed by atoms with van der Waals surface area (Å²) in [6, 6.07) is 10.2. The van der Waals surface area contributed by atoms with Crippen LogP contribution in [0.2, 0.25) is 0 Å². The van der Waals surface area contributed by atoms with Gasteiger partial charge < -0.3 is 14.7 Å². The number of piperidine rings is 1. The molecule has 1 amide bonds. The maximum absolute atomic E-state index is 14.0. The van der Waals surface area contributed by atoms with E-state index in [1.807, 2.05) is 29.3 Å². The average molecular weight is 603 g/mol. The third-order valence-corrected chi connectivity index (χ3v) is 10.5. The van der Waals surface area contributed by atoms with E-state index in [1.54, 1.807) is 6.20 Å². The van der Waals surface area contributed by atoms with Crippen LogP contribution in [0.4, 0.5) is 0 Å². The fraction of sp³-hybridized carbons (Fsp3) is 0.622. The van der Waals surface area contributed by atoms with Crippen LogP contribution in [-0.2, 0) is 27.2 Å². The number of aromatic nitrogens is 1. The molecular formula is C37H50N2O5. The minimum Gasteiger partial charge on any atom is -0.493 e. The van der Waals surface area contributed by atoms with Crippen LogP contribution < -0.4 is 4.74 Å². The number of likely N-dealkylation sites (tertiary alicyclic amines) is 1. The molecule has 1 aromatic carbocycles. The second-order valence-corrected chi connectivity index (χ2v) is 13.3. The number of nitrogens with zero attached hydrogens (tertiary/aromatic N) is 2. The molecule has 7 heteroatoms. The summed E-state index contributed by atoms with van der Waals surface area (Å²) in [6.07, 6.45) is 15.4. The summed E-state index contributed by atoms with van der Waals surface area (Å²) in [6.45, 7) is 4.17. The highest BCUT2D eigenvalue weighted by Crippen LogP contribution is 2.48. The quantitative estimate of drug-likeness (QED) is 0.220. The number of amides is 1. The Labute approximate surface area is 262 Å². The van der Waals surface area contributed by atoms with Crippen LogP contribution in [0.1, 0.15) is 107 Å². The van der Waals surface area contributed by atoms with E-state index < -0.39 is 11.9 Å². The Balaban J connectivity index is 1.36. The Morgan fingerprint density at radius 2 is 2.00 bits per heavy atom. The number of aliphatic carboxylic acids is 1. The molecule has 1 N–H and O–H groups in total. The van der Waals surface area contributed by atoms with Crippen molar-refractivity contribution in [2.24, 2.45) is 23.7 Å². The zero-order valence-corrected chi connectivity index (χ0v) is 26.4. The van der Waals surface area contributed by atoms with Gasteiger partial charge in [-0.2, -0.15) is 0 Å². The van der Waals surface area contributed by atoms with Gasteiger partial charge in [0.2, 0.25) is 5.91 Å². The third kappa shape index (κ3) is 8.08. The van der Waals surface area contributed by atoms with E-state index in [-0.39, 0.29) is 35.4 Å². The molecule has 2 aliphatic heterocycles. The Morgan fingerprint density at radius 3 is 2.77 bits per heavy atom. The number of hydrogen-bond acceptors (Lipinski definition) is 5. The first-order valence-corrected chi connectivity index (χ1v) is 17.1. The van der Waals surface area contributed by atoms with Crippen molar-refractivity contribution in [3.8, 4) is 5.75 Å². The van der Waals surface area contributed by atoms with Crippen LogP contribution in [0.15, 0.2) is 42.7 Å². The molecule has 1 unspecified atom stereocenters. The summed E-state index contributed by atoms with van der Waals surface area (Å²) >= 11 is 0. The van der Waals surface area contributed by atoms with Crippen molar-refractivity contribution in [1.29, 1.82) is 0 Å². The van der Waals surface area contributed by atoms with Crippen LogP contribution >= 0.6 is 0 Å². The van der Waals surface area contributed by atoms with Gasteiger partial charge in [-0.15, -0.1) is 0 Å². The van der Waals surface area contributed by atoms with Crippen molar-refractivity contribution < 1.29 is 24.2 Å². The molecule has 238 valence electrons. The number of rotatable bonds is 15. The molecule has 2 aromatic rings. The Morgan fingerprint density at radius 1 is 1.11 bits per heavy atom. The predicted octanol–water partition coefficient (Wildman–Crippen LogP) is 7.02. The first kappa shape index (κ1) is 32.2. The summed E-state index contributed by atoms with van der Waals surface area (Å²) in [5.41, 5.74) is 3.37. The lowest BCUT2D eigenvalue weighted by Gasteiger charge is -2.43. The van der Waals surface area contributed by atoms with E-state index in [4.69, 9.17) is 4.74 Å². The summed E-state index contributed by atoms with van der Waals surface area (Å²) in [4.78, 5) is 46.0. The molecule has 0 spiro atoms. The van der Waals surface area contributed by atoms with Crippen LogP contribution in [-0.4, -0.2) is 52.3 Å². The summed E-state index contributed by atoms with van der Waals surface area (Å²) in [5.74, 6) is -0.305. The Kier molecular flexibility index (Phi) is 11.5. The summed E-state index contributed by atoms with van der Waals surface area (Å²) in [5, 5.41) is 10.7. The van der Waals surface area contributed by atoms with Crippen LogP contribution in [0.3, 0.4) is 0 Å². The number of carbonyl (C=O) groups is 3. The lowest BCUT2D eigenvalue weighted by atomic mass is 9.62. The number of carbonyl (C=O) groups excluding carboxylic acids is 2. The van der Waals surface area contributed by atoms with E-state index in [0.29, 0.717) is 32.4 Å². The standard InChI is InChI=1S/C37H50N2O5/c1-2-3-4-9-27(12-11-26-8-7-19-38-25-26)33(40)24-29-13-15-31(28-14-16-34-30(23-28)18-22-44-34)36(37(42)43)32(29)17-21-39-20-6-5-10-35(39)41/h7-8,14,16,19,23,25,27,29,31-32,36H,2-6,9-13,15,17-18,20-22,24H2,1H3,(H,42,43)/t27-,29?,31-,32-,36-/m1/s1. The first-order valence-electron chi connectivity index (χ1n) is 17.1. The first-order chi connectivity index (χ1) is 21.4. The lowest BCUT2D eigenvalue weighted by Crippen LogP contribution is -2.43. The number of Topliss-reactive ketones (excluding diaryl/α,β-unsaturated/α-hetero) is 1.